The summed E-state index contributed by atoms with van der Waals surface area (Å²) < 4.78 is 6.34. The van der Waals surface area contributed by atoms with Gasteiger partial charge in [-0.25, -0.2) is 9.97 Å². The Morgan fingerprint density at radius 1 is 1.03 bits per heavy atom. The predicted molar refractivity (Wildman–Crippen MR) is 123 cm³/mol. The van der Waals surface area contributed by atoms with Crippen LogP contribution in [-0.4, -0.2) is 39.9 Å². The van der Waals surface area contributed by atoms with Crippen molar-refractivity contribution in [3.05, 3.63) is 60.6 Å². The van der Waals surface area contributed by atoms with Crippen LogP contribution in [0.4, 0.5) is 11.6 Å². The molecular formula is C24H23N7O. The summed E-state index contributed by atoms with van der Waals surface area (Å²) in [6.07, 6.45) is 5.20. The molecule has 1 saturated heterocycles. The van der Waals surface area contributed by atoms with Gasteiger partial charge in [-0.1, -0.05) is 24.3 Å². The first-order chi connectivity index (χ1) is 15.8. The van der Waals surface area contributed by atoms with Crippen LogP contribution in [-0.2, 0) is 0 Å². The van der Waals surface area contributed by atoms with Gasteiger partial charge in [-0.05, 0) is 54.8 Å². The zero-order valence-electron chi connectivity index (χ0n) is 17.5. The lowest BCUT2D eigenvalue weighted by Crippen LogP contribution is -2.30. The first-order valence-corrected chi connectivity index (χ1v) is 10.7. The van der Waals surface area contributed by atoms with E-state index in [1.807, 2.05) is 24.3 Å². The molecule has 32 heavy (non-hydrogen) atoms. The second-order valence-corrected chi connectivity index (χ2v) is 7.89. The molecule has 1 fully saturated rings. The number of hydrogen-bond donors (Lipinski definition) is 3. The molecule has 8 nitrogen and oxygen atoms in total. The SMILES string of the molecule is N#Cc1cnc(Nc2cc(-c3cc4ccccc4cc3OCC3CCNCC3)[nH]n2)cn1. The Balaban J connectivity index is 1.42. The summed E-state index contributed by atoms with van der Waals surface area (Å²) in [5, 5.41) is 25.1. The molecule has 1 aliphatic heterocycles. The third-order valence-electron chi connectivity index (χ3n) is 5.67. The number of hydrogen-bond acceptors (Lipinski definition) is 7. The molecule has 0 spiro atoms. The highest BCUT2D eigenvalue weighted by atomic mass is 16.5. The smallest absolute Gasteiger partial charge is 0.158 e. The van der Waals surface area contributed by atoms with Crippen LogP contribution in [0.2, 0.25) is 0 Å². The number of nitriles is 1. The number of benzene rings is 2. The number of fused-ring (bicyclic) bond motifs is 1. The molecule has 0 amide bonds. The van der Waals surface area contributed by atoms with Crippen LogP contribution in [0.5, 0.6) is 5.75 Å². The van der Waals surface area contributed by atoms with Gasteiger partial charge in [-0.15, -0.1) is 0 Å². The minimum Gasteiger partial charge on any atom is -0.493 e. The number of rotatable bonds is 6. The van der Waals surface area contributed by atoms with Gasteiger partial charge in [-0.3, -0.25) is 5.10 Å². The Labute approximate surface area is 185 Å². The number of anilines is 2. The first kappa shape index (κ1) is 20.0. The maximum Gasteiger partial charge on any atom is 0.158 e. The van der Waals surface area contributed by atoms with Crippen LogP contribution in [0.25, 0.3) is 22.0 Å². The molecule has 5 rings (SSSR count). The van der Waals surface area contributed by atoms with E-state index in [9.17, 15) is 0 Å². The molecule has 8 heteroatoms. The van der Waals surface area contributed by atoms with Gasteiger partial charge in [-0.2, -0.15) is 10.4 Å². The topological polar surface area (TPSA) is 112 Å². The normalized spacial score (nSPS) is 14.2. The van der Waals surface area contributed by atoms with Crippen LogP contribution in [0.15, 0.2) is 54.9 Å². The Morgan fingerprint density at radius 3 is 2.59 bits per heavy atom. The van der Waals surface area contributed by atoms with Gasteiger partial charge in [0.2, 0.25) is 0 Å². The number of nitrogens with one attached hydrogen (secondary N) is 3. The van der Waals surface area contributed by atoms with Gasteiger partial charge in [0.15, 0.2) is 11.5 Å². The van der Waals surface area contributed by atoms with Crippen molar-refractivity contribution in [2.24, 2.45) is 5.92 Å². The average Bonchev–Trinajstić information content (AvgIpc) is 3.31. The van der Waals surface area contributed by atoms with E-state index in [0.29, 0.717) is 24.2 Å². The molecular weight excluding hydrogens is 402 g/mol. The minimum atomic E-state index is 0.268. The largest absolute Gasteiger partial charge is 0.493 e. The van der Waals surface area contributed by atoms with E-state index in [-0.39, 0.29) is 5.69 Å². The zero-order chi connectivity index (χ0) is 21.8. The maximum atomic E-state index is 8.87. The van der Waals surface area contributed by atoms with Crippen molar-refractivity contribution in [1.82, 2.24) is 25.5 Å². The lowest BCUT2D eigenvalue weighted by Gasteiger charge is -2.23. The van der Waals surface area contributed by atoms with Crippen molar-refractivity contribution >= 4 is 22.4 Å². The number of ether oxygens (including phenoxy) is 1. The molecule has 160 valence electrons. The van der Waals surface area contributed by atoms with Crippen molar-refractivity contribution in [3.63, 3.8) is 0 Å². The third-order valence-corrected chi connectivity index (χ3v) is 5.67. The molecule has 3 N–H and O–H groups in total. The summed E-state index contributed by atoms with van der Waals surface area (Å²) in [4.78, 5) is 8.21. The number of piperidine rings is 1. The average molecular weight is 425 g/mol. The highest BCUT2D eigenvalue weighted by molar-refractivity contribution is 5.90. The van der Waals surface area contributed by atoms with Gasteiger partial charge in [0, 0.05) is 11.6 Å². The second-order valence-electron chi connectivity index (χ2n) is 7.89. The number of aromatic amines is 1. The van der Waals surface area contributed by atoms with E-state index >= 15 is 0 Å². The standard InChI is InChI=1S/C24H23N7O/c25-12-19-13-28-24(14-27-19)29-23-11-21(30-31-23)20-9-17-3-1-2-4-18(17)10-22(20)32-15-16-5-7-26-8-6-16/h1-4,9-11,13-14,16,26H,5-8,15H2,(H2,28,29,30,31). The summed E-state index contributed by atoms with van der Waals surface area (Å²) >= 11 is 0. The Bertz CT molecular complexity index is 1250. The molecule has 2 aromatic heterocycles. The Morgan fingerprint density at radius 2 is 1.84 bits per heavy atom. The highest BCUT2D eigenvalue weighted by Gasteiger charge is 2.17. The number of nitrogens with zero attached hydrogens (tertiary/aromatic N) is 4. The summed E-state index contributed by atoms with van der Waals surface area (Å²) in [5.74, 6) is 2.53. The van der Waals surface area contributed by atoms with Gasteiger partial charge >= 0.3 is 0 Å². The van der Waals surface area contributed by atoms with Crippen molar-refractivity contribution in [2.45, 2.75) is 12.8 Å². The van der Waals surface area contributed by atoms with Crippen molar-refractivity contribution in [1.29, 1.82) is 5.26 Å². The lowest BCUT2D eigenvalue weighted by molar-refractivity contribution is 0.216. The second kappa shape index (κ2) is 9.04. The van der Waals surface area contributed by atoms with E-state index in [1.165, 1.54) is 12.4 Å². The predicted octanol–water partition coefficient (Wildman–Crippen LogP) is 4.01. The van der Waals surface area contributed by atoms with Gasteiger partial charge in [0.05, 0.1) is 24.7 Å². The quantitative estimate of drug-likeness (QED) is 0.428. The van der Waals surface area contributed by atoms with Gasteiger partial charge in [0.1, 0.15) is 17.6 Å². The zero-order valence-corrected chi connectivity index (χ0v) is 17.5. The van der Waals surface area contributed by atoms with Gasteiger partial charge in [0.25, 0.3) is 0 Å². The molecule has 0 saturated carbocycles. The summed E-state index contributed by atoms with van der Waals surface area (Å²) in [5.41, 5.74) is 2.08. The molecule has 3 heterocycles. The van der Waals surface area contributed by atoms with Gasteiger partial charge < -0.3 is 15.4 Å². The van der Waals surface area contributed by atoms with Crippen molar-refractivity contribution < 1.29 is 4.74 Å². The third kappa shape index (κ3) is 4.38. The fourth-order valence-corrected chi connectivity index (χ4v) is 3.91. The Hall–Kier alpha value is -3.96. The monoisotopic (exact) mass is 425 g/mol. The van der Waals surface area contributed by atoms with Crippen molar-refractivity contribution in [2.75, 3.05) is 25.0 Å². The fourth-order valence-electron chi connectivity index (χ4n) is 3.91. The minimum absolute atomic E-state index is 0.268. The molecule has 2 aromatic carbocycles. The molecule has 4 aromatic rings. The number of aromatic nitrogens is 4. The molecule has 0 aliphatic carbocycles. The van der Waals surface area contributed by atoms with Crippen LogP contribution >= 0.6 is 0 Å². The Kier molecular flexibility index (Phi) is 5.64. The summed E-state index contributed by atoms with van der Waals surface area (Å²) in [6, 6.07) is 16.4. The van der Waals surface area contributed by atoms with E-state index in [2.05, 4.69) is 55.1 Å². The van der Waals surface area contributed by atoms with E-state index in [1.54, 1.807) is 0 Å². The van der Waals surface area contributed by atoms with E-state index in [0.717, 1.165) is 53.7 Å². The summed E-state index contributed by atoms with van der Waals surface area (Å²) in [6.45, 7) is 2.80. The lowest BCUT2D eigenvalue weighted by atomic mass is 9.99. The summed E-state index contributed by atoms with van der Waals surface area (Å²) in [7, 11) is 0. The van der Waals surface area contributed by atoms with Crippen LogP contribution in [0, 0.1) is 17.2 Å². The molecule has 0 radical (unpaired) electrons. The molecule has 1 aliphatic rings. The van der Waals surface area contributed by atoms with Crippen LogP contribution in [0.3, 0.4) is 0 Å². The van der Waals surface area contributed by atoms with Crippen LogP contribution < -0.4 is 15.4 Å². The van der Waals surface area contributed by atoms with E-state index in [4.69, 9.17) is 10.00 Å². The molecule has 0 unspecified atom stereocenters. The maximum absolute atomic E-state index is 8.87. The van der Waals surface area contributed by atoms with Crippen molar-refractivity contribution in [3.8, 4) is 23.1 Å². The number of H-pyrrole nitrogens is 1. The van der Waals surface area contributed by atoms with Crippen LogP contribution in [0.1, 0.15) is 18.5 Å². The molecule has 0 bridgehead atoms. The highest BCUT2D eigenvalue weighted by Crippen LogP contribution is 2.35. The molecule has 0 atom stereocenters. The van der Waals surface area contributed by atoms with E-state index < -0.39 is 0 Å². The first-order valence-electron chi connectivity index (χ1n) is 10.7. The fraction of sp³-hybridized carbons (Fsp3) is 0.250.